The fraction of sp³-hybridized carbons (Fsp3) is 0.562. The highest BCUT2D eigenvalue weighted by molar-refractivity contribution is 5.89. The summed E-state index contributed by atoms with van der Waals surface area (Å²) in [4.78, 5) is 11.7. The van der Waals surface area contributed by atoms with Crippen molar-refractivity contribution in [1.82, 2.24) is 0 Å². The van der Waals surface area contributed by atoms with E-state index in [0.717, 1.165) is 5.56 Å². The molecule has 1 aromatic carbocycles. The largest absolute Gasteiger partial charge is 0.462 e. The highest BCUT2D eigenvalue weighted by atomic mass is 16.7. The molecule has 0 radical (unpaired) electrons. The minimum absolute atomic E-state index is 0.199. The third kappa shape index (κ3) is 2.58. The first-order valence-electron chi connectivity index (χ1n) is 6.96. The monoisotopic (exact) mass is 278 g/mol. The summed E-state index contributed by atoms with van der Waals surface area (Å²) in [5.74, 6) is -1.06. The molecule has 4 heteroatoms. The Bertz CT molecular complexity index is 464. The molecule has 110 valence electrons. The highest BCUT2D eigenvalue weighted by Crippen LogP contribution is 2.46. The Labute approximate surface area is 120 Å². The van der Waals surface area contributed by atoms with Crippen LogP contribution in [0.2, 0.25) is 0 Å². The van der Waals surface area contributed by atoms with Crippen LogP contribution in [0.15, 0.2) is 24.3 Å². The number of carbonyl (C=O) groups excluding carboxylic acids is 1. The SMILES string of the molecule is CCOC(=O)c1ccc(C2(C(C)(C)C)OCCO2)cc1. The molecule has 0 bridgehead atoms. The van der Waals surface area contributed by atoms with Crippen molar-refractivity contribution in [2.75, 3.05) is 19.8 Å². The van der Waals surface area contributed by atoms with Gasteiger partial charge in [0.05, 0.1) is 25.4 Å². The van der Waals surface area contributed by atoms with Gasteiger partial charge in [0.1, 0.15) is 0 Å². The zero-order chi connectivity index (χ0) is 14.8. The van der Waals surface area contributed by atoms with Crippen molar-refractivity contribution in [3.8, 4) is 0 Å². The Balaban J connectivity index is 2.30. The Kier molecular flexibility index (Phi) is 4.16. The summed E-state index contributed by atoms with van der Waals surface area (Å²) in [5, 5.41) is 0. The van der Waals surface area contributed by atoms with Gasteiger partial charge in [-0.1, -0.05) is 32.9 Å². The molecule has 0 aromatic heterocycles. The Hall–Kier alpha value is -1.39. The van der Waals surface area contributed by atoms with E-state index in [9.17, 15) is 4.79 Å². The van der Waals surface area contributed by atoms with Crippen molar-refractivity contribution in [3.05, 3.63) is 35.4 Å². The van der Waals surface area contributed by atoms with Crippen molar-refractivity contribution in [3.63, 3.8) is 0 Å². The number of benzene rings is 1. The standard InChI is InChI=1S/C16H22O4/c1-5-18-14(17)12-6-8-13(9-7-12)16(15(2,3)4)19-10-11-20-16/h6-9H,5,10-11H2,1-4H3. The first kappa shape index (κ1) is 15.0. The van der Waals surface area contributed by atoms with E-state index in [1.807, 2.05) is 12.1 Å². The average molecular weight is 278 g/mol. The van der Waals surface area contributed by atoms with E-state index >= 15 is 0 Å². The predicted octanol–water partition coefficient (Wildman–Crippen LogP) is 3.11. The first-order chi connectivity index (χ1) is 9.40. The van der Waals surface area contributed by atoms with Crippen LogP contribution < -0.4 is 0 Å². The summed E-state index contributed by atoms with van der Waals surface area (Å²) in [5.41, 5.74) is 1.27. The molecule has 1 aliphatic rings. The lowest BCUT2D eigenvalue weighted by Crippen LogP contribution is -2.41. The normalized spacial score (nSPS) is 18.0. The Morgan fingerprint density at radius 1 is 1.20 bits per heavy atom. The molecule has 2 rings (SSSR count). The Morgan fingerprint density at radius 2 is 1.75 bits per heavy atom. The topological polar surface area (TPSA) is 44.8 Å². The van der Waals surface area contributed by atoms with Gasteiger partial charge >= 0.3 is 5.97 Å². The molecule has 1 saturated heterocycles. The maximum Gasteiger partial charge on any atom is 0.338 e. The molecule has 4 nitrogen and oxygen atoms in total. The molecular formula is C16H22O4. The minimum atomic E-state index is -0.750. The molecule has 1 aliphatic heterocycles. The van der Waals surface area contributed by atoms with Gasteiger partial charge in [0.25, 0.3) is 0 Å². The summed E-state index contributed by atoms with van der Waals surface area (Å²) in [6.07, 6.45) is 0. The van der Waals surface area contributed by atoms with Gasteiger partial charge in [-0.25, -0.2) is 4.79 Å². The molecule has 0 unspecified atom stereocenters. The second-order valence-corrected chi connectivity index (χ2v) is 5.86. The lowest BCUT2D eigenvalue weighted by molar-refractivity contribution is -0.232. The van der Waals surface area contributed by atoms with Crippen molar-refractivity contribution in [1.29, 1.82) is 0 Å². The summed E-state index contributed by atoms with van der Waals surface area (Å²) < 4.78 is 16.8. The van der Waals surface area contributed by atoms with Crippen molar-refractivity contribution in [2.24, 2.45) is 5.41 Å². The Morgan fingerprint density at radius 3 is 2.20 bits per heavy atom. The second-order valence-electron chi connectivity index (χ2n) is 5.86. The van der Waals surface area contributed by atoms with Crippen LogP contribution in [-0.4, -0.2) is 25.8 Å². The van der Waals surface area contributed by atoms with Crippen LogP contribution in [0.1, 0.15) is 43.6 Å². The predicted molar refractivity (Wildman–Crippen MR) is 75.4 cm³/mol. The molecule has 0 spiro atoms. The zero-order valence-corrected chi connectivity index (χ0v) is 12.6. The molecule has 0 saturated carbocycles. The van der Waals surface area contributed by atoms with Crippen LogP contribution in [0.4, 0.5) is 0 Å². The molecule has 1 fully saturated rings. The van der Waals surface area contributed by atoms with Crippen LogP contribution in [0.5, 0.6) is 0 Å². The van der Waals surface area contributed by atoms with Crippen LogP contribution in [0, 0.1) is 5.41 Å². The van der Waals surface area contributed by atoms with Crippen molar-refractivity contribution < 1.29 is 19.0 Å². The van der Waals surface area contributed by atoms with E-state index in [0.29, 0.717) is 25.4 Å². The van der Waals surface area contributed by atoms with Crippen molar-refractivity contribution >= 4 is 5.97 Å². The van der Waals surface area contributed by atoms with Crippen LogP contribution in [0.25, 0.3) is 0 Å². The molecular weight excluding hydrogens is 256 g/mol. The first-order valence-corrected chi connectivity index (χ1v) is 6.96. The summed E-state index contributed by atoms with van der Waals surface area (Å²) in [6.45, 7) is 9.57. The lowest BCUT2D eigenvalue weighted by Gasteiger charge is -2.39. The van der Waals surface area contributed by atoms with Gasteiger partial charge in [-0.05, 0) is 19.1 Å². The molecule has 0 N–H and O–H groups in total. The fourth-order valence-corrected chi connectivity index (χ4v) is 2.49. The van der Waals surface area contributed by atoms with Crippen LogP contribution >= 0.6 is 0 Å². The number of ether oxygens (including phenoxy) is 3. The summed E-state index contributed by atoms with van der Waals surface area (Å²) >= 11 is 0. The molecule has 1 aromatic rings. The third-order valence-corrected chi connectivity index (χ3v) is 3.46. The molecule has 20 heavy (non-hydrogen) atoms. The maximum atomic E-state index is 11.7. The smallest absolute Gasteiger partial charge is 0.338 e. The second kappa shape index (κ2) is 5.54. The van der Waals surface area contributed by atoms with E-state index < -0.39 is 5.79 Å². The maximum absolute atomic E-state index is 11.7. The van der Waals surface area contributed by atoms with Gasteiger partial charge in [0, 0.05) is 11.0 Å². The molecule has 1 heterocycles. The quantitative estimate of drug-likeness (QED) is 0.797. The summed E-state index contributed by atoms with van der Waals surface area (Å²) in [6, 6.07) is 7.27. The van der Waals surface area contributed by atoms with Gasteiger partial charge in [0.2, 0.25) is 0 Å². The number of hydrogen-bond acceptors (Lipinski definition) is 4. The average Bonchev–Trinajstić information content (AvgIpc) is 2.89. The number of rotatable bonds is 3. The number of hydrogen-bond donors (Lipinski definition) is 0. The van der Waals surface area contributed by atoms with E-state index in [2.05, 4.69) is 20.8 Å². The fourth-order valence-electron chi connectivity index (χ4n) is 2.49. The zero-order valence-electron chi connectivity index (χ0n) is 12.6. The third-order valence-electron chi connectivity index (χ3n) is 3.46. The molecule has 0 amide bonds. The molecule has 0 aliphatic carbocycles. The van der Waals surface area contributed by atoms with E-state index in [-0.39, 0.29) is 11.4 Å². The van der Waals surface area contributed by atoms with Crippen LogP contribution in [0.3, 0.4) is 0 Å². The van der Waals surface area contributed by atoms with Gasteiger partial charge < -0.3 is 14.2 Å². The lowest BCUT2D eigenvalue weighted by atomic mass is 9.80. The van der Waals surface area contributed by atoms with Crippen molar-refractivity contribution in [2.45, 2.75) is 33.5 Å². The van der Waals surface area contributed by atoms with Gasteiger partial charge in [-0.15, -0.1) is 0 Å². The number of carbonyl (C=O) groups is 1. The highest BCUT2D eigenvalue weighted by Gasteiger charge is 2.48. The van der Waals surface area contributed by atoms with Crippen LogP contribution in [-0.2, 0) is 20.0 Å². The van der Waals surface area contributed by atoms with E-state index in [1.54, 1.807) is 19.1 Å². The van der Waals surface area contributed by atoms with Gasteiger partial charge in [-0.2, -0.15) is 0 Å². The number of esters is 1. The minimum Gasteiger partial charge on any atom is -0.462 e. The summed E-state index contributed by atoms with van der Waals surface area (Å²) in [7, 11) is 0. The van der Waals surface area contributed by atoms with E-state index in [1.165, 1.54) is 0 Å². The van der Waals surface area contributed by atoms with E-state index in [4.69, 9.17) is 14.2 Å². The van der Waals surface area contributed by atoms with Gasteiger partial charge in [-0.3, -0.25) is 0 Å². The molecule has 0 atom stereocenters. The van der Waals surface area contributed by atoms with Gasteiger partial charge in [0.15, 0.2) is 5.79 Å².